The summed E-state index contributed by atoms with van der Waals surface area (Å²) < 4.78 is 5.43. The Labute approximate surface area is 146 Å². The Morgan fingerprint density at radius 3 is 2.23 bits per heavy atom. The molecule has 2 atom stereocenters. The first-order valence-corrected chi connectivity index (χ1v) is 8.03. The lowest BCUT2D eigenvalue weighted by molar-refractivity contribution is -0.140. The van der Waals surface area contributed by atoms with Crippen molar-refractivity contribution in [1.82, 2.24) is 9.80 Å². The van der Waals surface area contributed by atoms with Gasteiger partial charge in [0.15, 0.2) is 0 Å². The number of hydrogen-bond donors (Lipinski definition) is 1. The van der Waals surface area contributed by atoms with Crippen LogP contribution < -0.4 is 5.73 Å². The molecule has 0 saturated carbocycles. The summed E-state index contributed by atoms with van der Waals surface area (Å²) >= 11 is 0. The number of rotatable bonds is 5. The molecule has 5 nitrogen and oxygen atoms in total. The van der Waals surface area contributed by atoms with Crippen LogP contribution in [0.15, 0.2) is 0 Å². The van der Waals surface area contributed by atoms with Gasteiger partial charge in [-0.15, -0.1) is 24.8 Å². The predicted molar refractivity (Wildman–Crippen MR) is 93.9 cm³/mol. The van der Waals surface area contributed by atoms with E-state index in [1.54, 1.807) is 0 Å². The number of nitrogens with two attached hydrogens (primary N) is 1. The molecule has 132 valence electrons. The minimum atomic E-state index is 0. The van der Waals surface area contributed by atoms with Crippen LogP contribution in [-0.2, 0) is 9.53 Å². The van der Waals surface area contributed by atoms with Crippen molar-refractivity contribution in [2.24, 2.45) is 11.7 Å². The van der Waals surface area contributed by atoms with Gasteiger partial charge in [-0.2, -0.15) is 0 Å². The molecule has 0 bridgehead atoms. The van der Waals surface area contributed by atoms with Crippen molar-refractivity contribution >= 4 is 30.7 Å². The molecule has 22 heavy (non-hydrogen) atoms. The zero-order valence-corrected chi connectivity index (χ0v) is 15.3. The molecule has 2 heterocycles. The molecule has 1 amide bonds. The number of halogens is 2. The van der Waals surface area contributed by atoms with Crippen LogP contribution in [0.5, 0.6) is 0 Å². The summed E-state index contributed by atoms with van der Waals surface area (Å²) in [5.41, 5.74) is 5.96. The van der Waals surface area contributed by atoms with E-state index in [0.29, 0.717) is 5.92 Å². The van der Waals surface area contributed by atoms with Crippen molar-refractivity contribution < 1.29 is 9.53 Å². The van der Waals surface area contributed by atoms with Gasteiger partial charge in [0.25, 0.3) is 0 Å². The summed E-state index contributed by atoms with van der Waals surface area (Å²) in [6.45, 7) is 9.13. The van der Waals surface area contributed by atoms with Gasteiger partial charge in [-0.3, -0.25) is 9.69 Å². The minimum absolute atomic E-state index is 0. The Morgan fingerprint density at radius 2 is 1.77 bits per heavy atom. The lowest BCUT2D eigenvalue weighted by Gasteiger charge is -2.39. The van der Waals surface area contributed by atoms with E-state index in [9.17, 15) is 4.79 Å². The van der Waals surface area contributed by atoms with Crippen molar-refractivity contribution in [1.29, 1.82) is 0 Å². The van der Waals surface area contributed by atoms with Gasteiger partial charge in [0.2, 0.25) is 5.91 Å². The van der Waals surface area contributed by atoms with Gasteiger partial charge in [-0.05, 0) is 12.3 Å². The molecule has 0 aliphatic carbocycles. The number of morpholine rings is 1. The number of hydrogen-bond acceptors (Lipinski definition) is 4. The van der Waals surface area contributed by atoms with Gasteiger partial charge in [-0.1, -0.05) is 26.7 Å². The highest BCUT2D eigenvalue weighted by atomic mass is 35.5. The molecule has 2 rings (SSSR count). The van der Waals surface area contributed by atoms with E-state index in [1.165, 1.54) is 0 Å². The molecular formula is C15H31Cl2N3O2. The molecule has 0 spiro atoms. The molecular weight excluding hydrogens is 325 g/mol. The van der Waals surface area contributed by atoms with Crippen LogP contribution in [0.1, 0.15) is 33.1 Å². The predicted octanol–water partition coefficient (Wildman–Crippen LogP) is 1.53. The van der Waals surface area contributed by atoms with Crippen LogP contribution in [0.25, 0.3) is 0 Å². The molecule has 0 radical (unpaired) electrons. The molecule has 2 aliphatic heterocycles. The lowest BCUT2D eigenvalue weighted by Crippen LogP contribution is -2.55. The highest BCUT2D eigenvalue weighted by molar-refractivity contribution is 5.85. The highest BCUT2D eigenvalue weighted by Crippen LogP contribution is 2.23. The summed E-state index contributed by atoms with van der Waals surface area (Å²) in [4.78, 5) is 17.2. The summed E-state index contributed by atoms with van der Waals surface area (Å²) in [7, 11) is 0. The summed E-state index contributed by atoms with van der Waals surface area (Å²) in [6.07, 6.45) is 3.03. The van der Waals surface area contributed by atoms with Crippen LogP contribution in [0.3, 0.4) is 0 Å². The quantitative estimate of drug-likeness (QED) is 0.812. The SMILES string of the molecule is CCC(CC)C(C(=O)N1CC[C@@H](N)C1)N1CCOCC1.Cl.Cl. The monoisotopic (exact) mass is 355 g/mol. The molecule has 1 unspecified atom stereocenters. The number of carbonyl (C=O) groups excluding carboxylic acids is 1. The first-order valence-electron chi connectivity index (χ1n) is 8.03. The van der Waals surface area contributed by atoms with Crippen molar-refractivity contribution in [2.75, 3.05) is 39.4 Å². The van der Waals surface area contributed by atoms with Crippen molar-refractivity contribution in [3.63, 3.8) is 0 Å². The highest BCUT2D eigenvalue weighted by Gasteiger charge is 2.37. The van der Waals surface area contributed by atoms with E-state index >= 15 is 0 Å². The smallest absolute Gasteiger partial charge is 0.240 e. The second kappa shape index (κ2) is 10.7. The fourth-order valence-corrected chi connectivity index (χ4v) is 3.42. The van der Waals surface area contributed by atoms with Crippen LogP contribution in [0, 0.1) is 5.92 Å². The van der Waals surface area contributed by atoms with Gasteiger partial charge >= 0.3 is 0 Å². The Bertz CT molecular complexity index is 324. The molecule has 0 aromatic heterocycles. The zero-order chi connectivity index (χ0) is 14.5. The summed E-state index contributed by atoms with van der Waals surface area (Å²) in [5, 5.41) is 0. The first kappa shape index (κ1) is 21.9. The molecule has 0 aromatic rings. The van der Waals surface area contributed by atoms with Gasteiger partial charge in [0.05, 0.1) is 19.3 Å². The van der Waals surface area contributed by atoms with Crippen molar-refractivity contribution in [3.05, 3.63) is 0 Å². The van der Waals surface area contributed by atoms with E-state index in [-0.39, 0.29) is 42.8 Å². The van der Waals surface area contributed by atoms with Crippen LogP contribution >= 0.6 is 24.8 Å². The maximum atomic E-state index is 12.9. The molecule has 2 fully saturated rings. The maximum Gasteiger partial charge on any atom is 0.240 e. The van der Waals surface area contributed by atoms with Gasteiger partial charge < -0.3 is 15.4 Å². The molecule has 2 aliphatic rings. The molecule has 2 saturated heterocycles. The standard InChI is InChI=1S/C15H29N3O2.2ClH/c1-3-12(4-2)14(17-7-9-20-10-8-17)15(19)18-6-5-13(16)11-18;;/h12-14H,3-11,16H2,1-2H3;2*1H/t13-,14?;;/m1../s1. The van der Waals surface area contributed by atoms with Gasteiger partial charge in [0.1, 0.15) is 0 Å². The van der Waals surface area contributed by atoms with Crippen LogP contribution in [0.4, 0.5) is 0 Å². The Hall–Kier alpha value is -0.0700. The second-order valence-electron chi connectivity index (χ2n) is 6.00. The lowest BCUT2D eigenvalue weighted by atomic mass is 9.91. The Kier molecular flexibility index (Phi) is 10.6. The fourth-order valence-electron chi connectivity index (χ4n) is 3.42. The number of amides is 1. The fraction of sp³-hybridized carbons (Fsp3) is 0.933. The molecule has 7 heteroatoms. The van der Waals surface area contributed by atoms with E-state index in [0.717, 1.165) is 58.7 Å². The van der Waals surface area contributed by atoms with E-state index < -0.39 is 0 Å². The summed E-state index contributed by atoms with van der Waals surface area (Å²) in [6, 6.07) is 0.171. The maximum absolute atomic E-state index is 12.9. The van der Waals surface area contributed by atoms with Crippen molar-refractivity contribution in [3.8, 4) is 0 Å². The number of carbonyl (C=O) groups is 1. The third kappa shape index (κ3) is 5.24. The number of nitrogens with zero attached hydrogens (tertiary/aromatic N) is 2. The molecule has 0 aromatic carbocycles. The number of ether oxygens (including phenoxy) is 1. The minimum Gasteiger partial charge on any atom is -0.379 e. The second-order valence-corrected chi connectivity index (χ2v) is 6.00. The largest absolute Gasteiger partial charge is 0.379 e. The third-order valence-corrected chi connectivity index (χ3v) is 4.72. The Morgan fingerprint density at radius 1 is 1.18 bits per heavy atom. The average Bonchev–Trinajstić information content (AvgIpc) is 2.91. The first-order chi connectivity index (χ1) is 9.67. The Balaban J connectivity index is 0.00000220. The topological polar surface area (TPSA) is 58.8 Å². The number of likely N-dealkylation sites (tertiary alicyclic amines) is 1. The van der Waals surface area contributed by atoms with E-state index in [1.807, 2.05) is 4.90 Å². The molecule has 2 N–H and O–H groups in total. The normalized spacial score (nSPS) is 23.8. The summed E-state index contributed by atoms with van der Waals surface area (Å²) in [5.74, 6) is 0.714. The van der Waals surface area contributed by atoms with Gasteiger partial charge in [-0.25, -0.2) is 0 Å². The van der Waals surface area contributed by atoms with E-state index in [2.05, 4.69) is 18.7 Å². The van der Waals surface area contributed by atoms with Crippen LogP contribution in [-0.4, -0.2) is 67.2 Å². The average molecular weight is 356 g/mol. The zero-order valence-electron chi connectivity index (χ0n) is 13.7. The van der Waals surface area contributed by atoms with Gasteiger partial charge in [0, 0.05) is 32.2 Å². The third-order valence-electron chi connectivity index (χ3n) is 4.72. The van der Waals surface area contributed by atoms with E-state index in [4.69, 9.17) is 10.5 Å². The van der Waals surface area contributed by atoms with Crippen molar-refractivity contribution in [2.45, 2.75) is 45.2 Å². The van der Waals surface area contributed by atoms with Crippen LogP contribution in [0.2, 0.25) is 0 Å².